The Kier molecular flexibility index (Phi) is 12.8. The number of amidine groups is 1. The summed E-state index contributed by atoms with van der Waals surface area (Å²) in [4.78, 5) is 29.3. The molecule has 6 N–H and O–H groups in total. The lowest BCUT2D eigenvalue weighted by atomic mass is 9.92. The van der Waals surface area contributed by atoms with Crippen molar-refractivity contribution in [3.8, 4) is 11.5 Å². The summed E-state index contributed by atoms with van der Waals surface area (Å²) in [5.74, 6) is -0.205. The zero-order chi connectivity index (χ0) is 29.8. The van der Waals surface area contributed by atoms with Crippen molar-refractivity contribution in [3.63, 3.8) is 0 Å². The molecule has 1 aromatic heterocycles. The molecule has 0 radical (unpaired) electrons. The molecule has 0 fully saturated rings. The summed E-state index contributed by atoms with van der Waals surface area (Å²) in [6.45, 7) is 6.09. The Morgan fingerprint density at radius 1 is 1.08 bits per heavy atom. The van der Waals surface area contributed by atoms with Crippen LogP contribution in [-0.4, -0.2) is 37.5 Å². The highest BCUT2D eigenvalue weighted by Gasteiger charge is 2.17. The molecule has 0 aliphatic heterocycles. The van der Waals surface area contributed by atoms with E-state index in [-0.39, 0.29) is 40.0 Å². The van der Waals surface area contributed by atoms with Crippen molar-refractivity contribution < 1.29 is 27.5 Å². The van der Waals surface area contributed by atoms with Gasteiger partial charge in [-0.05, 0) is 43.0 Å². The van der Waals surface area contributed by atoms with Crippen LogP contribution < -0.4 is 21.9 Å². The van der Waals surface area contributed by atoms with Gasteiger partial charge in [-0.1, -0.05) is 26.8 Å². The lowest BCUT2D eigenvalue weighted by molar-refractivity contribution is -0.107. The maximum absolute atomic E-state index is 13.7. The first-order valence-corrected chi connectivity index (χ1v) is 11.7. The Labute approximate surface area is 225 Å². The van der Waals surface area contributed by atoms with Crippen LogP contribution in [0.15, 0.2) is 59.4 Å². The summed E-state index contributed by atoms with van der Waals surface area (Å²) >= 11 is 0. The van der Waals surface area contributed by atoms with Crippen molar-refractivity contribution in [2.45, 2.75) is 33.6 Å². The molecule has 0 saturated carbocycles. The highest BCUT2D eigenvalue weighted by atomic mass is 19.3. The minimum Gasteiger partial charge on any atom is -0.456 e. The predicted octanol–water partition coefficient (Wildman–Crippen LogP) is 5.09. The molecular formula is C28H34F3N5O3. The summed E-state index contributed by atoms with van der Waals surface area (Å²) in [5, 5.41) is 0.313. The van der Waals surface area contributed by atoms with Crippen LogP contribution in [0.5, 0.6) is 11.5 Å². The molecule has 0 bridgehead atoms. The summed E-state index contributed by atoms with van der Waals surface area (Å²) in [5.41, 5.74) is 16.5. The maximum atomic E-state index is 13.7. The van der Waals surface area contributed by atoms with E-state index in [1.165, 1.54) is 43.6 Å². The van der Waals surface area contributed by atoms with Crippen LogP contribution in [0, 0.1) is 11.2 Å². The van der Waals surface area contributed by atoms with Gasteiger partial charge in [0.2, 0.25) is 0 Å². The molecule has 0 amide bonds. The van der Waals surface area contributed by atoms with E-state index >= 15 is 0 Å². The Morgan fingerprint density at radius 2 is 1.74 bits per heavy atom. The summed E-state index contributed by atoms with van der Waals surface area (Å²) < 4.78 is 46.1. The van der Waals surface area contributed by atoms with Crippen molar-refractivity contribution >= 4 is 29.3 Å². The van der Waals surface area contributed by atoms with Gasteiger partial charge in [0.25, 0.3) is 6.43 Å². The third-order valence-corrected chi connectivity index (χ3v) is 5.22. The molecule has 0 atom stereocenters. The van der Waals surface area contributed by atoms with E-state index in [1.807, 2.05) is 20.8 Å². The number of hydrogen-bond acceptors (Lipinski definition) is 7. The van der Waals surface area contributed by atoms with Gasteiger partial charge in [0.05, 0.1) is 16.6 Å². The largest absolute Gasteiger partial charge is 0.456 e. The van der Waals surface area contributed by atoms with Crippen LogP contribution in [0.1, 0.15) is 48.7 Å². The quantitative estimate of drug-likeness (QED) is 0.213. The second-order valence-corrected chi connectivity index (χ2v) is 8.96. The number of nitrogens with two attached hydrogens (primary N) is 3. The van der Waals surface area contributed by atoms with Crippen LogP contribution in [0.2, 0.25) is 0 Å². The van der Waals surface area contributed by atoms with Gasteiger partial charge in [-0.3, -0.25) is 14.8 Å². The molecule has 39 heavy (non-hydrogen) atoms. The third kappa shape index (κ3) is 9.53. The number of aromatic nitrogens is 1. The fraction of sp³-hybridized carbons (Fsp3) is 0.286. The number of aldehydes is 2. The molecule has 3 rings (SSSR count). The van der Waals surface area contributed by atoms with Crippen LogP contribution >= 0.6 is 0 Å². The number of carbonyl (C=O) groups excluding carboxylic acids is 2. The van der Waals surface area contributed by atoms with Crippen molar-refractivity contribution in [1.82, 2.24) is 4.98 Å². The first kappa shape index (κ1) is 32.8. The van der Waals surface area contributed by atoms with Gasteiger partial charge in [0.15, 0.2) is 6.29 Å². The topological polar surface area (TPSA) is 147 Å². The Hall–Kier alpha value is -4.25. The normalized spacial score (nSPS) is 11.7. The lowest BCUT2D eigenvalue weighted by Crippen LogP contribution is -2.20. The van der Waals surface area contributed by atoms with Crippen LogP contribution in [-0.2, 0) is 11.2 Å². The molecule has 0 aliphatic carbocycles. The molecule has 3 aromatic rings. The summed E-state index contributed by atoms with van der Waals surface area (Å²) in [7, 11) is 3.14. The van der Waals surface area contributed by atoms with Crippen molar-refractivity contribution in [1.29, 1.82) is 0 Å². The van der Waals surface area contributed by atoms with Gasteiger partial charge in [-0.2, -0.15) is 0 Å². The molecular weight excluding hydrogens is 511 g/mol. The Bertz CT molecular complexity index is 1340. The van der Waals surface area contributed by atoms with Gasteiger partial charge in [0.1, 0.15) is 29.4 Å². The molecule has 0 aliphatic rings. The SMILES string of the molecule is CN.CN=C(N)/C=C(\N)C(C)(C)C.O=CCc1ccc(Oc2ccnc3cc(F)c(C=O)cc23)c(C(F)F)c1. The number of pyridine rings is 1. The molecule has 0 saturated heterocycles. The van der Waals surface area contributed by atoms with E-state index in [0.717, 1.165) is 11.8 Å². The van der Waals surface area contributed by atoms with E-state index in [0.29, 0.717) is 29.4 Å². The molecule has 8 nitrogen and oxygen atoms in total. The zero-order valence-electron chi connectivity index (χ0n) is 22.5. The van der Waals surface area contributed by atoms with E-state index < -0.39 is 12.2 Å². The number of aliphatic imine (C=N–C) groups is 1. The number of hydrogen-bond donors (Lipinski definition) is 3. The van der Waals surface area contributed by atoms with Gasteiger partial charge < -0.3 is 26.7 Å². The fourth-order valence-corrected chi connectivity index (χ4v) is 2.98. The number of nitrogens with zero attached hydrogens (tertiary/aromatic N) is 2. The highest BCUT2D eigenvalue weighted by molar-refractivity contribution is 5.92. The molecule has 210 valence electrons. The molecule has 1 heterocycles. The molecule has 2 aromatic carbocycles. The van der Waals surface area contributed by atoms with Gasteiger partial charge in [0, 0.05) is 42.2 Å². The molecule has 11 heteroatoms. The first-order chi connectivity index (χ1) is 18.4. The number of rotatable bonds is 7. The monoisotopic (exact) mass is 545 g/mol. The van der Waals surface area contributed by atoms with E-state index in [4.69, 9.17) is 16.2 Å². The van der Waals surface area contributed by atoms with Crippen molar-refractivity contribution in [3.05, 3.63) is 76.9 Å². The van der Waals surface area contributed by atoms with Crippen molar-refractivity contribution in [2.24, 2.45) is 27.6 Å². The smallest absolute Gasteiger partial charge is 0.267 e. The van der Waals surface area contributed by atoms with Crippen molar-refractivity contribution in [2.75, 3.05) is 14.1 Å². The van der Waals surface area contributed by atoms with E-state index in [2.05, 4.69) is 15.7 Å². The molecule has 0 unspecified atom stereocenters. The number of fused-ring (bicyclic) bond motifs is 1. The standard InChI is InChI=1S/C19H12F3NO3.C8H17N3.CH5N/c20-15-9-16-13(8-12(15)10-25)18(3-5-23-16)26-17-2-1-11(4-6-24)7-14(17)19(21)22;1-8(2,3)6(9)5-7(10)11-4;1-2/h1-3,5-10,19H,4H2;5H,9H2,1-4H3,(H2,10,11);2H2,1H3/b;6-5-;. The average Bonchev–Trinajstić information content (AvgIpc) is 2.90. The number of carbonyl (C=O) groups is 2. The molecule has 0 spiro atoms. The minimum absolute atomic E-state index is 0.0140. The first-order valence-electron chi connectivity index (χ1n) is 11.7. The van der Waals surface area contributed by atoms with E-state index in [1.54, 1.807) is 13.1 Å². The van der Waals surface area contributed by atoms with Gasteiger partial charge in [-0.25, -0.2) is 13.2 Å². The summed E-state index contributed by atoms with van der Waals surface area (Å²) in [6, 6.07) is 7.82. The average molecular weight is 546 g/mol. The third-order valence-electron chi connectivity index (χ3n) is 5.22. The van der Waals surface area contributed by atoms with Gasteiger partial charge in [-0.15, -0.1) is 0 Å². The number of benzene rings is 2. The van der Waals surface area contributed by atoms with Crippen LogP contribution in [0.3, 0.4) is 0 Å². The Balaban J connectivity index is 0.000000495. The minimum atomic E-state index is -2.81. The summed E-state index contributed by atoms with van der Waals surface area (Å²) in [6.07, 6.45) is 1.22. The van der Waals surface area contributed by atoms with Crippen LogP contribution in [0.25, 0.3) is 10.9 Å². The lowest BCUT2D eigenvalue weighted by Gasteiger charge is -2.18. The zero-order valence-corrected chi connectivity index (χ0v) is 22.5. The van der Waals surface area contributed by atoms with Gasteiger partial charge >= 0.3 is 0 Å². The number of ether oxygens (including phenoxy) is 1. The van der Waals surface area contributed by atoms with E-state index in [9.17, 15) is 22.8 Å². The highest BCUT2D eigenvalue weighted by Crippen LogP contribution is 2.36. The predicted molar refractivity (Wildman–Crippen MR) is 148 cm³/mol. The number of allylic oxidation sites excluding steroid dienone is 1. The Morgan fingerprint density at radius 3 is 2.28 bits per heavy atom. The second kappa shape index (κ2) is 15.2. The number of halogens is 3. The second-order valence-electron chi connectivity index (χ2n) is 8.96. The maximum Gasteiger partial charge on any atom is 0.267 e. The fourth-order valence-electron chi connectivity index (χ4n) is 2.98. The number of alkyl halides is 2. The van der Waals surface area contributed by atoms with Crippen LogP contribution in [0.4, 0.5) is 13.2 Å².